The molecule has 0 bridgehead atoms. The molecule has 0 aromatic carbocycles. The molecule has 1 saturated heterocycles. The van der Waals surface area contributed by atoms with Gasteiger partial charge in [-0.05, 0) is 45.6 Å². The zero-order chi connectivity index (χ0) is 15.5. The van der Waals surface area contributed by atoms with Crippen molar-refractivity contribution in [3.8, 4) is 0 Å². The van der Waals surface area contributed by atoms with Gasteiger partial charge in [-0.3, -0.25) is 4.90 Å². The Labute approximate surface area is 128 Å². The van der Waals surface area contributed by atoms with Crippen molar-refractivity contribution in [2.24, 2.45) is 5.92 Å². The second-order valence-electron chi connectivity index (χ2n) is 6.62. The van der Waals surface area contributed by atoms with Gasteiger partial charge < -0.3 is 14.8 Å². The van der Waals surface area contributed by atoms with Crippen LogP contribution in [0.4, 0.5) is 0 Å². The second-order valence-corrected chi connectivity index (χ2v) is 6.62. The number of esters is 1. The summed E-state index contributed by atoms with van der Waals surface area (Å²) in [5.41, 5.74) is -0.540. The molecule has 0 aromatic rings. The normalized spacial score (nSPS) is 29.9. The summed E-state index contributed by atoms with van der Waals surface area (Å²) in [5, 5.41) is 3.52. The van der Waals surface area contributed by atoms with Crippen molar-refractivity contribution in [2.75, 3.05) is 33.3 Å². The average molecular weight is 298 g/mol. The number of ether oxygens (including phenoxy) is 2. The van der Waals surface area contributed by atoms with Crippen molar-refractivity contribution in [1.29, 1.82) is 0 Å². The number of nitrogens with zero attached hydrogens (tertiary/aromatic N) is 1. The third-order valence-electron chi connectivity index (χ3n) is 4.48. The Hall–Kier alpha value is -0.650. The predicted molar refractivity (Wildman–Crippen MR) is 82.2 cm³/mol. The number of nitrogens with one attached hydrogen (secondary N) is 1. The fourth-order valence-electron chi connectivity index (χ4n) is 3.51. The number of morpholine rings is 1. The first-order valence-corrected chi connectivity index (χ1v) is 8.23. The van der Waals surface area contributed by atoms with Gasteiger partial charge in [0.2, 0.25) is 0 Å². The highest BCUT2D eigenvalue weighted by Crippen LogP contribution is 2.41. The van der Waals surface area contributed by atoms with Crippen molar-refractivity contribution in [3.05, 3.63) is 0 Å². The van der Waals surface area contributed by atoms with E-state index >= 15 is 0 Å². The standard InChI is InChI=1S/C16H30N2O3/c1-5-8-17-16(14-6-7-14,15(19)20-4)11-18-9-12(2)21-13(3)10-18/h12-14,17H,5-11H2,1-4H3/t12-,13+,16?. The molecule has 2 aliphatic rings. The molecule has 1 saturated carbocycles. The lowest BCUT2D eigenvalue weighted by molar-refractivity contribution is -0.152. The number of rotatable bonds is 7. The fourth-order valence-corrected chi connectivity index (χ4v) is 3.51. The summed E-state index contributed by atoms with van der Waals surface area (Å²) in [6.07, 6.45) is 3.67. The minimum atomic E-state index is -0.540. The summed E-state index contributed by atoms with van der Waals surface area (Å²) >= 11 is 0. The number of carbonyl (C=O) groups excluding carboxylic acids is 1. The minimum absolute atomic E-state index is 0.106. The van der Waals surface area contributed by atoms with E-state index in [2.05, 4.69) is 31.0 Å². The monoisotopic (exact) mass is 298 g/mol. The first kappa shape index (κ1) is 16.7. The summed E-state index contributed by atoms with van der Waals surface area (Å²) in [4.78, 5) is 14.9. The molecule has 5 nitrogen and oxygen atoms in total. The lowest BCUT2D eigenvalue weighted by atomic mass is 9.91. The molecule has 0 aromatic heterocycles. The maximum Gasteiger partial charge on any atom is 0.327 e. The molecular formula is C16H30N2O3. The van der Waals surface area contributed by atoms with Crippen LogP contribution in [0.5, 0.6) is 0 Å². The van der Waals surface area contributed by atoms with Gasteiger partial charge in [0.05, 0.1) is 19.3 Å². The Morgan fingerprint density at radius 2 is 1.95 bits per heavy atom. The lowest BCUT2D eigenvalue weighted by Crippen LogP contribution is -2.63. The van der Waals surface area contributed by atoms with E-state index < -0.39 is 5.54 Å². The smallest absolute Gasteiger partial charge is 0.327 e. The van der Waals surface area contributed by atoms with Crippen LogP contribution in [-0.2, 0) is 14.3 Å². The Morgan fingerprint density at radius 3 is 2.43 bits per heavy atom. The first-order chi connectivity index (χ1) is 10.0. The molecule has 2 rings (SSSR count). The van der Waals surface area contributed by atoms with E-state index in [1.54, 1.807) is 0 Å². The van der Waals surface area contributed by atoms with Crippen molar-refractivity contribution < 1.29 is 14.3 Å². The van der Waals surface area contributed by atoms with E-state index in [1.807, 2.05) is 0 Å². The molecule has 1 aliphatic heterocycles. The summed E-state index contributed by atoms with van der Waals surface area (Å²) in [6, 6.07) is 0. The van der Waals surface area contributed by atoms with Crippen molar-refractivity contribution in [3.63, 3.8) is 0 Å². The van der Waals surface area contributed by atoms with E-state index in [9.17, 15) is 4.79 Å². The molecule has 5 heteroatoms. The van der Waals surface area contributed by atoms with E-state index in [0.29, 0.717) is 5.92 Å². The Morgan fingerprint density at radius 1 is 1.33 bits per heavy atom. The molecule has 0 amide bonds. The number of methoxy groups -OCH3 is 1. The summed E-state index contributed by atoms with van der Waals surface area (Å²) in [6.45, 7) is 9.65. The molecule has 3 atom stereocenters. The maximum atomic E-state index is 12.5. The zero-order valence-electron chi connectivity index (χ0n) is 13.9. The number of hydrogen-bond acceptors (Lipinski definition) is 5. The van der Waals surface area contributed by atoms with E-state index in [4.69, 9.17) is 9.47 Å². The van der Waals surface area contributed by atoms with Crippen LogP contribution in [0, 0.1) is 5.92 Å². The zero-order valence-corrected chi connectivity index (χ0v) is 13.9. The highest BCUT2D eigenvalue weighted by Gasteiger charge is 2.52. The lowest BCUT2D eigenvalue weighted by Gasteiger charge is -2.42. The van der Waals surface area contributed by atoms with Crippen molar-refractivity contribution in [1.82, 2.24) is 10.2 Å². The average Bonchev–Trinajstić information content (AvgIpc) is 3.26. The number of carbonyl (C=O) groups is 1. The van der Waals surface area contributed by atoms with Crippen molar-refractivity contribution in [2.45, 2.75) is 57.8 Å². The number of hydrogen-bond donors (Lipinski definition) is 1. The molecule has 2 fully saturated rings. The highest BCUT2D eigenvalue weighted by molar-refractivity contribution is 5.82. The van der Waals surface area contributed by atoms with Crippen LogP contribution in [0.2, 0.25) is 0 Å². The summed E-state index contributed by atoms with van der Waals surface area (Å²) < 4.78 is 10.9. The van der Waals surface area contributed by atoms with Gasteiger partial charge in [0.15, 0.2) is 0 Å². The summed E-state index contributed by atoms with van der Waals surface area (Å²) in [5.74, 6) is 0.301. The van der Waals surface area contributed by atoms with Crippen molar-refractivity contribution >= 4 is 5.97 Å². The van der Waals surface area contributed by atoms with Crippen LogP contribution in [0.3, 0.4) is 0 Å². The van der Waals surface area contributed by atoms with Crippen LogP contribution in [0.15, 0.2) is 0 Å². The molecule has 1 N–H and O–H groups in total. The molecule has 21 heavy (non-hydrogen) atoms. The van der Waals surface area contributed by atoms with E-state index in [-0.39, 0.29) is 18.2 Å². The van der Waals surface area contributed by atoms with Crippen LogP contribution in [-0.4, -0.2) is 61.9 Å². The van der Waals surface area contributed by atoms with Crippen LogP contribution >= 0.6 is 0 Å². The van der Waals surface area contributed by atoms with Gasteiger partial charge in [-0.2, -0.15) is 0 Å². The predicted octanol–water partition coefficient (Wildman–Crippen LogP) is 1.42. The van der Waals surface area contributed by atoms with Gasteiger partial charge in [0.1, 0.15) is 5.54 Å². The highest BCUT2D eigenvalue weighted by atomic mass is 16.5. The minimum Gasteiger partial charge on any atom is -0.468 e. The third kappa shape index (κ3) is 3.96. The molecule has 0 radical (unpaired) electrons. The quantitative estimate of drug-likeness (QED) is 0.720. The molecule has 1 heterocycles. The topological polar surface area (TPSA) is 50.8 Å². The molecule has 0 spiro atoms. The molecule has 1 unspecified atom stereocenters. The fraction of sp³-hybridized carbons (Fsp3) is 0.938. The van der Waals surface area contributed by atoms with Gasteiger partial charge in [0.25, 0.3) is 0 Å². The largest absolute Gasteiger partial charge is 0.468 e. The van der Waals surface area contributed by atoms with Gasteiger partial charge in [-0.1, -0.05) is 6.92 Å². The maximum absolute atomic E-state index is 12.5. The van der Waals surface area contributed by atoms with Gasteiger partial charge in [-0.15, -0.1) is 0 Å². The molecule has 1 aliphatic carbocycles. The van der Waals surface area contributed by atoms with Gasteiger partial charge in [0, 0.05) is 19.6 Å². The van der Waals surface area contributed by atoms with Crippen LogP contribution in [0.25, 0.3) is 0 Å². The van der Waals surface area contributed by atoms with Gasteiger partial charge in [-0.25, -0.2) is 4.79 Å². The van der Waals surface area contributed by atoms with Crippen LogP contribution < -0.4 is 5.32 Å². The Balaban J connectivity index is 2.12. The SMILES string of the molecule is CCCNC(CN1C[C@@H](C)O[C@@H](C)C1)(C(=O)OC)C1CC1. The summed E-state index contributed by atoms with van der Waals surface area (Å²) in [7, 11) is 1.50. The second kappa shape index (κ2) is 7.07. The van der Waals surface area contributed by atoms with E-state index in [0.717, 1.165) is 45.4 Å². The van der Waals surface area contributed by atoms with Gasteiger partial charge >= 0.3 is 5.97 Å². The van der Waals surface area contributed by atoms with E-state index in [1.165, 1.54) is 7.11 Å². The van der Waals surface area contributed by atoms with Crippen LogP contribution in [0.1, 0.15) is 40.0 Å². The molecular weight excluding hydrogens is 268 g/mol. The molecule has 122 valence electrons. The Kier molecular flexibility index (Phi) is 5.63. The first-order valence-electron chi connectivity index (χ1n) is 8.23. The Bertz CT molecular complexity index is 349. The third-order valence-corrected chi connectivity index (χ3v) is 4.48.